The molecule has 0 fully saturated rings. The van der Waals surface area contributed by atoms with Gasteiger partial charge in [-0.25, -0.2) is 4.68 Å². The lowest BCUT2D eigenvalue weighted by Gasteiger charge is -2.17. The molecule has 0 aliphatic carbocycles. The molecule has 0 aliphatic rings. The largest absolute Gasteiger partial charge is 0.497 e. The van der Waals surface area contributed by atoms with Gasteiger partial charge < -0.3 is 10.1 Å². The summed E-state index contributed by atoms with van der Waals surface area (Å²) in [7, 11) is 1.64. The summed E-state index contributed by atoms with van der Waals surface area (Å²) in [6.45, 7) is 8.21. The highest BCUT2D eigenvalue weighted by Gasteiger charge is 2.20. The Morgan fingerprint density at radius 1 is 1.07 bits per heavy atom. The smallest absolute Gasteiger partial charge is 0.270 e. The summed E-state index contributed by atoms with van der Waals surface area (Å²) in [5, 5.41) is 7.82. The van der Waals surface area contributed by atoms with Crippen LogP contribution in [0.4, 0.5) is 0 Å². The number of aromatic nitrogens is 2. The lowest BCUT2D eigenvalue weighted by atomic mass is 10.1. The van der Waals surface area contributed by atoms with Crippen molar-refractivity contribution in [1.82, 2.24) is 15.1 Å². The zero-order chi connectivity index (χ0) is 20.3. The van der Waals surface area contributed by atoms with Crippen LogP contribution in [0, 0.1) is 12.8 Å². The van der Waals surface area contributed by atoms with Crippen LogP contribution < -0.4 is 10.1 Å². The van der Waals surface area contributed by atoms with Gasteiger partial charge in [-0.2, -0.15) is 5.10 Å². The van der Waals surface area contributed by atoms with Crippen molar-refractivity contribution in [2.24, 2.45) is 5.92 Å². The number of nitrogens with one attached hydrogen (secondary N) is 1. The minimum atomic E-state index is -0.135. The van der Waals surface area contributed by atoms with Crippen molar-refractivity contribution in [3.63, 3.8) is 0 Å². The number of ether oxygens (including phenoxy) is 1. The van der Waals surface area contributed by atoms with Crippen molar-refractivity contribution in [2.45, 2.75) is 33.7 Å². The number of hydrogen-bond acceptors (Lipinski definition) is 3. The minimum absolute atomic E-state index is 0.0635. The molecule has 5 nitrogen and oxygen atoms in total. The van der Waals surface area contributed by atoms with Gasteiger partial charge in [0.1, 0.15) is 11.4 Å². The van der Waals surface area contributed by atoms with Gasteiger partial charge in [-0.3, -0.25) is 4.79 Å². The molecule has 0 bridgehead atoms. The molecule has 3 aromatic rings. The summed E-state index contributed by atoms with van der Waals surface area (Å²) >= 11 is 0. The first-order chi connectivity index (χ1) is 13.4. The van der Waals surface area contributed by atoms with Gasteiger partial charge in [-0.15, -0.1) is 0 Å². The molecule has 0 unspecified atom stereocenters. The Bertz CT molecular complexity index is 975. The average Bonchev–Trinajstić information content (AvgIpc) is 3.13. The first-order valence-corrected chi connectivity index (χ1v) is 9.51. The number of hydrogen-bond donors (Lipinski definition) is 1. The highest BCUT2D eigenvalue weighted by molar-refractivity contribution is 5.94. The normalized spacial score (nSPS) is 12.1. The van der Waals surface area contributed by atoms with Crippen LogP contribution in [0.5, 0.6) is 5.75 Å². The number of carbonyl (C=O) groups is 1. The molecule has 2 aromatic carbocycles. The number of rotatable bonds is 6. The van der Waals surface area contributed by atoms with E-state index in [2.05, 4.69) is 19.2 Å². The molecule has 1 atom stereocenters. The summed E-state index contributed by atoms with van der Waals surface area (Å²) in [6, 6.07) is 17.5. The maximum atomic E-state index is 13.0. The highest BCUT2D eigenvalue weighted by atomic mass is 16.5. The van der Waals surface area contributed by atoms with E-state index in [0.29, 0.717) is 11.6 Å². The van der Waals surface area contributed by atoms with Crippen LogP contribution in [0.15, 0.2) is 54.6 Å². The second kappa shape index (κ2) is 8.30. The van der Waals surface area contributed by atoms with E-state index >= 15 is 0 Å². The molecule has 0 aliphatic heterocycles. The molecule has 1 heterocycles. The predicted octanol–water partition coefficient (Wildman–Crippen LogP) is 4.63. The fourth-order valence-corrected chi connectivity index (χ4v) is 2.87. The van der Waals surface area contributed by atoms with Crippen LogP contribution in [0.1, 0.15) is 36.8 Å². The van der Waals surface area contributed by atoms with E-state index in [1.54, 1.807) is 11.8 Å². The summed E-state index contributed by atoms with van der Waals surface area (Å²) in [5.74, 6) is 0.962. The summed E-state index contributed by atoms with van der Waals surface area (Å²) in [6.07, 6.45) is 0. The molecule has 0 saturated carbocycles. The first kappa shape index (κ1) is 19.7. The zero-order valence-electron chi connectivity index (χ0n) is 17.1. The van der Waals surface area contributed by atoms with E-state index in [1.807, 2.05) is 68.4 Å². The zero-order valence-corrected chi connectivity index (χ0v) is 17.1. The van der Waals surface area contributed by atoms with Crippen molar-refractivity contribution in [2.75, 3.05) is 7.11 Å². The lowest BCUT2D eigenvalue weighted by molar-refractivity contribution is 0.0922. The van der Waals surface area contributed by atoms with Crippen molar-refractivity contribution < 1.29 is 9.53 Å². The fraction of sp³-hybridized carbons (Fsp3) is 0.304. The van der Waals surface area contributed by atoms with Crippen molar-refractivity contribution in [3.8, 4) is 22.7 Å². The van der Waals surface area contributed by atoms with E-state index in [0.717, 1.165) is 28.3 Å². The number of carbonyl (C=O) groups excluding carboxylic acids is 1. The Morgan fingerprint density at radius 3 is 2.50 bits per heavy atom. The van der Waals surface area contributed by atoms with E-state index in [9.17, 15) is 4.79 Å². The summed E-state index contributed by atoms with van der Waals surface area (Å²) in [4.78, 5) is 13.0. The second-order valence-corrected chi connectivity index (χ2v) is 7.40. The van der Waals surface area contributed by atoms with Crippen molar-refractivity contribution in [1.29, 1.82) is 0 Å². The van der Waals surface area contributed by atoms with Crippen LogP contribution in [0.2, 0.25) is 0 Å². The van der Waals surface area contributed by atoms with Gasteiger partial charge in [0.15, 0.2) is 0 Å². The predicted molar refractivity (Wildman–Crippen MR) is 112 cm³/mol. The Morgan fingerprint density at radius 2 is 1.82 bits per heavy atom. The van der Waals surface area contributed by atoms with Gasteiger partial charge in [0.2, 0.25) is 0 Å². The highest BCUT2D eigenvalue weighted by Crippen LogP contribution is 2.25. The number of amides is 1. The maximum Gasteiger partial charge on any atom is 0.270 e. The quantitative estimate of drug-likeness (QED) is 0.681. The molecule has 3 rings (SSSR count). The Kier molecular flexibility index (Phi) is 5.83. The Balaban J connectivity index is 2.08. The molecule has 1 amide bonds. The number of nitrogens with zero attached hydrogens (tertiary/aromatic N) is 2. The molecule has 0 radical (unpaired) electrons. The van der Waals surface area contributed by atoms with Crippen LogP contribution >= 0.6 is 0 Å². The fourth-order valence-electron chi connectivity index (χ4n) is 2.87. The number of aryl methyl sites for hydroxylation is 1. The maximum absolute atomic E-state index is 13.0. The van der Waals surface area contributed by atoms with E-state index in [-0.39, 0.29) is 11.9 Å². The number of benzene rings is 2. The second-order valence-electron chi connectivity index (χ2n) is 7.40. The molecule has 1 aromatic heterocycles. The molecule has 5 heteroatoms. The third kappa shape index (κ3) is 4.25. The Labute approximate surface area is 166 Å². The third-order valence-corrected chi connectivity index (χ3v) is 4.91. The Hall–Kier alpha value is -3.08. The first-order valence-electron chi connectivity index (χ1n) is 9.51. The topological polar surface area (TPSA) is 56.1 Å². The van der Waals surface area contributed by atoms with Gasteiger partial charge in [0.05, 0.1) is 18.5 Å². The van der Waals surface area contributed by atoms with E-state index in [1.165, 1.54) is 0 Å². The van der Waals surface area contributed by atoms with Gasteiger partial charge >= 0.3 is 0 Å². The monoisotopic (exact) mass is 377 g/mol. The van der Waals surface area contributed by atoms with Gasteiger partial charge in [0, 0.05) is 11.6 Å². The van der Waals surface area contributed by atoms with Crippen molar-refractivity contribution in [3.05, 3.63) is 65.9 Å². The molecule has 28 heavy (non-hydrogen) atoms. The standard InChI is InChI=1S/C23H27N3O2/c1-15(2)17(4)24-23(27)22-14-21(18-9-7-11-20(13-18)28-5)25-26(22)19-10-6-8-16(3)12-19/h6-15,17H,1-5H3,(H,24,27)/t17-/m1/s1. The molecule has 0 spiro atoms. The van der Waals surface area contributed by atoms with Crippen LogP contribution in [0.3, 0.4) is 0 Å². The average molecular weight is 377 g/mol. The van der Waals surface area contributed by atoms with Gasteiger partial charge in [-0.05, 0) is 55.7 Å². The van der Waals surface area contributed by atoms with Gasteiger partial charge in [-0.1, -0.05) is 38.1 Å². The molecular weight excluding hydrogens is 350 g/mol. The van der Waals surface area contributed by atoms with Crippen LogP contribution in [0.25, 0.3) is 16.9 Å². The molecular formula is C23H27N3O2. The summed E-state index contributed by atoms with van der Waals surface area (Å²) in [5.41, 5.74) is 4.10. The molecule has 146 valence electrons. The summed E-state index contributed by atoms with van der Waals surface area (Å²) < 4.78 is 7.04. The minimum Gasteiger partial charge on any atom is -0.497 e. The van der Waals surface area contributed by atoms with Crippen LogP contribution in [-0.2, 0) is 0 Å². The third-order valence-electron chi connectivity index (χ3n) is 4.91. The molecule has 1 N–H and O–H groups in total. The number of methoxy groups -OCH3 is 1. The SMILES string of the molecule is COc1cccc(-c2cc(C(=O)N[C@H](C)C(C)C)n(-c3cccc(C)c3)n2)c1. The van der Waals surface area contributed by atoms with E-state index < -0.39 is 0 Å². The van der Waals surface area contributed by atoms with Gasteiger partial charge in [0.25, 0.3) is 5.91 Å². The lowest BCUT2D eigenvalue weighted by Crippen LogP contribution is -2.37. The van der Waals surface area contributed by atoms with E-state index in [4.69, 9.17) is 9.84 Å². The van der Waals surface area contributed by atoms with Crippen molar-refractivity contribution >= 4 is 5.91 Å². The van der Waals surface area contributed by atoms with Crippen LogP contribution in [-0.4, -0.2) is 28.8 Å². The molecule has 0 saturated heterocycles.